The van der Waals surface area contributed by atoms with E-state index in [0.717, 1.165) is 12.1 Å². The lowest BCUT2D eigenvalue weighted by Crippen LogP contribution is -2.51. The molecule has 1 amide bonds. The molecular formula is C17H16F3NO3. The first-order valence-electron chi connectivity index (χ1n) is 7.12. The second kappa shape index (κ2) is 7.35. The highest BCUT2D eigenvalue weighted by atomic mass is 19.4. The lowest BCUT2D eigenvalue weighted by Gasteiger charge is -2.31. The first kappa shape index (κ1) is 17.8. The maximum Gasteiger partial charge on any atom is 0.423 e. The average molecular weight is 339 g/mol. The van der Waals surface area contributed by atoms with E-state index in [1.807, 2.05) is 0 Å². The van der Waals surface area contributed by atoms with Crippen LogP contribution in [0.15, 0.2) is 60.7 Å². The van der Waals surface area contributed by atoms with Gasteiger partial charge in [-0.15, -0.1) is 0 Å². The summed E-state index contributed by atoms with van der Waals surface area (Å²) in [6, 6.07) is 15.0. The van der Waals surface area contributed by atoms with Gasteiger partial charge in [0.05, 0.1) is 6.54 Å². The van der Waals surface area contributed by atoms with E-state index in [1.165, 1.54) is 18.2 Å². The molecule has 0 aliphatic carbocycles. The van der Waals surface area contributed by atoms with Crippen LogP contribution in [0, 0.1) is 0 Å². The molecule has 1 atom stereocenters. The number of hydrogen-bond donors (Lipinski definition) is 2. The molecule has 7 heteroatoms. The summed E-state index contributed by atoms with van der Waals surface area (Å²) in [6.07, 6.45) is -4.94. The Bertz CT molecular complexity index is 662. The van der Waals surface area contributed by atoms with Gasteiger partial charge < -0.3 is 15.2 Å². The number of nitrogens with one attached hydrogen (secondary N) is 1. The SMILES string of the molecule is O=C(COc1ccccc1)NCC(O)(c1ccccc1)C(F)(F)F. The third kappa shape index (κ3) is 4.26. The van der Waals surface area contributed by atoms with Crippen molar-refractivity contribution in [2.45, 2.75) is 11.8 Å². The van der Waals surface area contributed by atoms with E-state index in [-0.39, 0.29) is 5.56 Å². The molecule has 0 saturated heterocycles. The van der Waals surface area contributed by atoms with Crippen molar-refractivity contribution < 1.29 is 27.8 Å². The molecule has 2 rings (SSSR count). The quantitative estimate of drug-likeness (QED) is 0.851. The zero-order valence-electron chi connectivity index (χ0n) is 12.6. The van der Waals surface area contributed by atoms with Crippen LogP contribution in [-0.2, 0) is 10.4 Å². The molecule has 128 valence electrons. The highest BCUT2D eigenvalue weighted by molar-refractivity contribution is 5.77. The minimum absolute atomic E-state index is 0.346. The number of para-hydroxylation sites is 1. The molecule has 2 aromatic carbocycles. The molecule has 0 radical (unpaired) electrons. The third-order valence-corrected chi connectivity index (χ3v) is 3.37. The average Bonchev–Trinajstić information content (AvgIpc) is 2.58. The molecule has 0 aromatic heterocycles. The summed E-state index contributed by atoms with van der Waals surface area (Å²) in [5.74, 6) is -0.348. The highest BCUT2D eigenvalue weighted by Crippen LogP contribution is 2.38. The van der Waals surface area contributed by atoms with Crippen LogP contribution in [0.25, 0.3) is 0 Å². The van der Waals surface area contributed by atoms with Gasteiger partial charge in [0, 0.05) is 0 Å². The van der Waals surface area contributed by atoms with E-state index >= 15 is 0 Å². The number of benzene rings is 2. The van der Waals surface area contributed by atoms with Gasteiger partial charge in [0.1, 0.15) is 5.75 Å². The van der Waals surface area contributed by atoms with Gasteiger partial charge in [0.25, 0.3) is 5.91 Å². The van der Waals surface area contributed by atoms with Gasteiger partial charge in [0.15, 0.2) is 6.61 Å². The summed E-state index contributed by atoms with van der Waals surface area (Å²) >= 11 is 0. The van der Waals surface area contributed by atoms with Crippen molar-refractivity contribution in [2.24, 2.45) is 0 Å². The minimum Gasteiger partial charge on any atom is -0.484 e. The normalized spacial score (nSPS) is 13.8. The zero-order chi connectivity index (χ0) is 17.6. The molecule has 0 spiro atoms. The fourth-order valence-electron chi connectivity index (χ4n) is 2.02. The van der Waals surface area contributed by atoms with E-state index in [2.05, 4.69) is 5.32 Å². The predicted molar refractivity (Wildman–Crippen MR) is 81.3 cm³/mol. The minimum atomic E-state index is -4.94. The van der Waals surface area contributed by atoms with Crippen molar-refractivity contribution in [3.8, 4) is 5.75 Å². The number of aliphatic hydroxyl groups is 1. The van der Waals surface area contributed by atoms with Crippen LogP contribution in [0.1, 0.15) is 5.56 Å². The molecule has 0 bridgehead atoms. The Morgan fingerprint density at radius 3 is 2.08 bits per heavy atom. The Morgan fingerprint density at radius 2 is 1.54 bits per heavy atom. The van der Waals surface area contributed by atoms with Gasteiger partial charge in [-0.05, 0) is 17.7 Å². The summed E-state index contributed by atoms with van der Waals surface area (Å²) in [5, 5.41) is 12.1. The van der Waals surface area contributed by atoms with Crippen LogP contribution in [0.3, 0.4) is 0 Å². The fraction of sp³-hybridized carbons (Fsp3) is 0.235. The lowest BCUT2D eigenvalue weighted by molar-refractivity contribution is -0.264. The van der Waals surface area contributed by atoms with Gasteiger partial charge in [-0.2, -0.15) is 13.2 Å². The molecule has 2 aromatic rings. The maximum absolute atomic E-state index is 13.3. The number of rotatable bonds is 6. The van der Waals surface area contributed by atoms with E-state index in [1.54, 1.807) is 30.3 Å². The van der Waals surface area contributed by atoms with E-state index in [4.69, 9.17) is 4.74 Å². The Morgan fingerprint density at radius 1 is 1.00 bits per heavy atom. The third-order valence-electron chi connectivity index (χ3n) is 3.37. The monoisotopic (exact) mass is 339 g/mol. The van der Waals surface area contributed by atoms with Crippen molar-refractivity contribution >= 4 is 5.91 Å². The van der Waals surface area contributed by atoms with Crippen LogP contribution in [0.5, 0.6) is 5.75 Å². The first-order chi connectivity index (χ1) is 11.3. The molecule has 0 aliphatic rings. The number of alkyl halides is 3. The van der Waals surface area contributed by atoms with Gasteiger partial charge in [0.2, 0.25) is 5.60 Å². The molecule has 0 aliphatic heterocycles. The van der Waals surface area contributed by atoms with Crippen LogP contribution < -0.4 is 10.1 Å². The smallest absolute Gasteiger partial charge is 0.423 e. The Balaban J connectivity index is 1.99. The van der Waals surface area contributed by atoms with E-state index in [0.29, 0.717) is 5.75 Å². The molecule has 0 saturated carbocycles. The van der Waals surface area contributed by atoms with Gasteiger partial charge >= 0.3 is 6.18 Å². The number of amides is 1. The topological polar surface area (TPSA) is 58.6 Å². The molecule has 24 heavy (non-hydrogen) atoms. The molecule has 0 heterocycles. The van der Waals surface area contributed by atoms with Gasteiger partial charge in [-0.1, -0.05) is 48.5 Å². The van der Waals surface area contributed by atoms with Crippen molar-refractivity contribution in [1.29, 1.82) is 0 Å². The Kier molecular flexibility index (Phi) is 5.46. The van der Waals surface area contributed by atoms with Crippen LogP contribution in [-0.4, -0.2) is 30.3 Å². The lowest BCUT2D eigenvalue weighted by atomic mass is 9.93. The molecule has 0 fully saturated rings. The van der Waals surface area contributed by atoms with Crippen LogP contribution in [0.4, 0.5) is 13.2 Å². The fourth-order valence-corrected chi connectivity index (χ4v) is 2.02. The summed E-state index contributed by atoms with van der Waals surface area (Å²) in [7, 11) is 0. The van der Waals surface area contributed by atoms with Crippen molar-refractivity contribution in [3.63, 3.8) is 0 Å². The molecule has 1 unspecified atom stereocenters. The number of hydrogen-bond acceptors (Lipinski definition) is 3. The molecule has 2 N–H and O–H groups in total. The number of carbonyl (C=O) groups is 1. The summed E-state index contributed by atoms with van der Waals surface area (Å²) in [5.41, 5.74) is -3.52. The van der Waals surface area contributed by atoms with E-state index < -0.39 is 30.8 Å². The molecular weight excluding hydrogens is 323 g/mol. The zero-order valence-corrected chi connectivity index (χ0v) is 12.6. The van der Waals surface area contributed by atoms with Gasteiger partial charge in [-0.25, -0.2) is 0 Å². The van der Waals surface area contributed by atoms with Gasteiger partial charge in [-0.3, -0.25) is 4.79 Å². The summed E-state index contributed by atoms with van der Waals surface area (Å²) < 4.78 is 44.9. The second-order valence-corrected chi connectivity index (χ2v) is 5.10. The Hall–Kier alpha value is -2.54. The largest absolute Gasteiger partial charge is 0.484 e. The molecule has 4 nitrogen and oxygen atoms in total. The number of halogens is 3. The number of ether oxygens (including phenoxy) is 1. The highest BCUT2D eigenvalue weighted by Gasteiger charge is 2.55. The standard InChI is InChI=1S/C17H16F3NO3/c18-17(19,20)16(23,13-7-3-1-4-8-13)12-21-15(22)11-24-14-9-5-2-6-10-14/h1-10,23H,11-12H2,(H,21,22). The van der Waals surface area contributed by atoms with Crippen molar-refractivity contribution in [3.05, 3.63) is 66.2 Å². The maximum atomic E-state index is 13.3. The summed E-state index contributed by atoms with van der Waals surface area (Å²) in [4.78, 5) is 11.7. The van der Waals surface area contributed by atoms with Crippen LogP contribution in [0.2, 0.25) is 0 Å². The number of carbonyl (C=O) groups excluding carboxylic acids is 1. The van der Waals surface area contributed by atoms with E-state index in [9.17, 15) is 23.1 Å². The van der Waals surface area contributed by atoms with Crippen LogP contribution >= 0.6 is 0 Å². The summed E-state index contributed by atoms with van der Waals surface area (Å²) in [6.45, 7) is -1.45. The predicted octanol–water partition coefficient (Wildman–Crippen LogP) is 2.63. The second-order valence-electron chi connectivity index (χ2n) is 5.10. The Labute approximate surface area is 136 Å². The van der Waals surface area contributed by atoms with Crippen molar-refractivity contribution in [1.82, 2.24) is 5.32 Å². The first-order valence-corrected chi connectivity index (χ1v) is 7.12. The van der Waals surface area contributed by atoms with Crippen molar-refractivity contribution in [2.75, 3.05) is 13.2 Å².